The molecule has 0 aliphatic carbocycles. The van der Waals surface area contributed by atoms with Crippen LogP contribution >= 0.6 is 0 Å². The second-order valence-electron chi connectivity index (χ2n) is 6.80. The van der Waals surface area contributed by atoms with Gasteiger partial charge in [-0.05, 0) is 56.6 Å². The molecule has 2 bridgehead atoms. The van der Waals surface area contributed by atoms with Gasteiger partial charge >= 0.3 is 0 Å². The molecule has 0 spiro atoms. The van der Waals surface area contributed by atoms with Gasteiger partial charge in [-0.25, -0.2) is 0 Å². The van der Waals surface area contributed by atoms with Crippen LogP contribution in [0.5, 0.6) is 5.75 Å². The summed E-state index contributed by atoms with van der Waals surface area (Å²) in [5.41, 5.74) is 0.113. The van der Waals surface area contributed by atoms with Crippen LogP contribution in [0.15, 0.2) is 24.3 Å². The zero-order valence-electron chi connectivity index (χ0n) is 14.1. The molecule has 3 heteroatoms. The number of hydrogen-bond donors (Lipinski definition) is 1. The number of piperidine rings is 3. The summed E-state index contributed by atoms with van der Waals surface area (Å²) in [5, 5.41) is 10.8. The molecule has 3 aliphatic rings. The van der Waals surface area contributed by atoms with E-state index in [1.165, 1.54) is 12.8 Å². The quantitative estimate of drug-likeness (QED) is 0.670. The average Bonchev–Trinajstić information content (AvgIpc) is 2.59. The number of aliphatic hydroxyl groups is 1. The van der Waals surface area contributed by atoms with E-state index < -0.39 is 5.60 Å². The van der Waals surface area contributed by atoms with Crippen molar-refractivity contribution >= 4 is 0 Å². The monoisotopic (exact) mass is 313 g/mol. The van der Waals surface area contributed by atoms with Crippen LogP contribution in [-0.2, 0) is 0 Å². The van der Waals surface area contributed by atoms with Crippen LogP contribution in [0.2, 0.25) is 0 Å². The maximum atomic E-state index is 10.8. The molecule has 3 fully saturated rings. The first-order valence-corrected chi connectivity index (χ1v) is 8.90. The Morgan fingerprint density at radius 1 is 1.22 bits per heavy atom. The Labute approximate surface area is 139 Å². The van der Waals surface area contributed by atoms with E-state index in [2.05, 4.69) is 23.7 Å². The lowest BCUT2D eigenvalue weighted by molar-refractivity contribution is -0.0713. The molecule has 1 unspecified atom stereocenters. The number of hydrogen-bond acceptors (Lipinski definition) is 3. The number of ether oxygens (including phenoxy) is 1. The molecule has 4 rings (SSSR count). The van der Waals surface area contributed by atoms with Crippen molar-refractivity contribution < 1.29 is 9.84 Å². The summed E-state index contributed by atoms with van der Waals surface area (Å²) in [6.45, 7) is 5.88. The lowest BCUT2D eigenvalue weighted by Gasteiger charge is -2.47. The molecule has 3 nitrogen and oxygen atoms in total. The standard InChI is InChI=1S/C20H27NO2/c1-2-3-4-15-23-19-7-5-17(6-8-19)9-12-20(22)16-21-13-10-18(20)11-14-21/h5-8,18,22H,2-4,10-11,13-16H2,1H3. The minimum absolute atomic E-state index is 0.334. The van der Waals surface area contributed by atoms with E-state index in [0.29, 0.717) is 12.5 Å². The summed E-state index contributed by atoms with van der Waals surface area (Å²) in [4.78, 5) is 2.32. The summed E-state index contributed by atoms with van der Waals surface area (Å²) < 4.78 is 5.71. The maximum absolute atomic E-state index is 10.8. The zero-order chi connectivity index (χ0) is 16.1. The van der Waals surface area contributed by atoms with Gasteiger partial charge in [0.1, 0.15) is 11.4 Å². The van der Waals surface area contributed by atoms with Crippen LogP contribution < -0.4 is 4.74 Å². The smallest absolute Gasteiger partial charge is 0.141 e. The van der Waals surface area contributed by atoms with E-state index >= 15 is 0 Å². The highest BCUT2D eigenvalue weighted by molar-refractivity contribution is 5.40. The van der Waals surface area contributed by atoms with E-state index in [0.717, 1.165) is 50.3 Å². The van der Waals surface area contributed by atoms with Gasteiger partial charge < -0.3 is 9.84 Å². The summed E-state index contributed by atoms with van der Waals surface area (Å²) in [5.74, 6) is 7.54. The third kappa shape index (κ3) is 4.07. The Bertz CT molecular complexity index is 564. The largest absolute Gasteiger partial charge is 0.494 e. The van der Waals surface area contributed by atoms with Gasteiger partial charge in [0, 0.05) is 18.0 Å². The van der Waals surface area contributed by atoms with E-state index in [1.807, 2.05) is 24.3 Å². The number of unbranched alkanes of at least 4 members (excludes halogenated alkanes) is 2. The molecule has 0 amide bonds. The fourth-order valence-electron chi connectivity index (χ4n) is 3.54. The Hall–Kier alpha value is -1.50. The predicted molar refractivity (Wildman–Crippen MR) is 92.5 cm³/mol. The predicted octanol–water partition coefficient (Wildman–Crippen LogP) is 3.06. The number of rotatable bonds is 5. The van der Waals surface area contributed by atoms with Crippen LogP contribution in [0.4, 0.5) is 0 Å². The van der Waals surface area contributed by atoms with Crippen LogP contribution in [0.1, 0.15) is 44.6 Å². The van der Waals surface area contributed by atoms with Crippen molar-refractivity contribution in [2.45, 2.75) is 44.6 Å². The Morgan fingerprint density at radius 3 is 2.57 bits per heavy atom. The third-order valence-corrected chi connectivity index (χ3v) is 5.02. The van der Waals surface area contributed by atoms with Gasteiger partial charge in [0.05, 0.1) is 6.61 Å². The lowest BCUT2D eigenvalue weighted by atomic mass is 9.76. The minimum atomic E-state index is -0.828. The van der Waals surface area contributed by atoms with Crippen molar-refractivity contribution in [1.82, 2.24) is 4.90 Å². The highest BCUT2D eigenvalue weighted by atomic mass is 16.5. The molecule has 1 atom stereocenters. The maximum Gasteiger partial charge on any atom is 0.141 e. The first-order valence-electron chi connectivity index (χ1n) is 8.90. The third-order valence-electron chi connectivity index (χ3n) is 5.02. The van der Waals surface area contributed by atoms with Crippen LogP contribution in [0, 0.1) is 17.8 Å². The van der Waals surface area contributed by atoms with Gasteiger partial charge in [0.15, 0.2) is 0 Å². The molecule has 1 aromatic carbocycles. The van der Waals surface area contributed by atoms with E-state index in [-0.39, 0.29) is 0 Å². The second-order valence-corrected chi connectivity index (χ2v) is 6.80. The highest BCUT2D eigenvalue weighted by Crippen LogP contribution is 2.35. The van der Waals surface area contributed by atoms with Crippen LogP contribution in [-0.4, -0.2) is 41.8 Å². The van der Waals surface area contributed by atoms with Gasteiger partial charge in [-0.15, -0.1) is 0 Å². The van der Waals surface area contributed by atoms with Crippen molar-refractivity contribution in [3.8, 4) is 17.6 Å². The number of fused-ring (bicyclic) bond motifs is 3. The summed E-state index contributed by atoms with van der Waals surface area (Å²) in [6, 6.07) is 7.90. The molecule has 1 N–H and O–H groups in total. The molecule has 3 saturated heterocycles. The van der Waals surface area contributed by atoms with Crippen molar-refractivity contribution in [2.75, 3.05) is 26.2 Å². The molecule has 0 aromatic heterocycles. The first kappa shape index (κ1) is 16.4. The first-order chi connectivity index (χ1) is 11.2. The molecule has 3 heterocycles. The van der Waals surface area contributed by atoms with Crippen LogP contribution in [0.25, 0.3) is 0 Å². The highest BCUT2D eigenvalue weighted by Gasteiger charge is 2.44. The summed E-state index contributed by atoms with van der Waals surface area (Å²) >= 11 is 0. The lowest BCUT2D eigenvalue weighted by Crippen LogP contribution is -2.58. The van der Waals surface area contributed by atoms with E-state index in [1.54, 1.807) is 0 Å². The second kappa shape index (κ2) is 7.38. The van der Waals surface area contributed by atoms with Gasteiger partial charge in [-0.1, -0.05) is 31.6 Å². The number of benzene rings is 1. The SMILES string of the molecule is CCCCCOc1ccc(C#CC2(O)CN3CCC2CC3)cc1. The Morgan fingerprint density at radius 2 is 1.96 bits per heavy atom. The Balaban J connectivity index is 1.58. The van der Waals surface area contributed by atoms with E-state index in [4.69, 9.17) is 4.74 Å². The van der Waals surface area contributed by atoms with Gasteiger partial charge in [0.25, 0.3) is 0 Å². The van der Waals surface area contributed by atoms with Gasteiger partial charge in [-0.2, -0.15) is 0 Å². The minimum Gasteiger partial charge on any atom is -0.494 e. The molecule has 124 valence electrons. The average molecular weight is 313 g/mol. The van der Waals surface area contributed by atoms with Gasteiger partial charge in [-0.3, -0.25) is 4.90 Å². The van der Waals surface area contributed by atoms with Crippen LogP contribution in [0.3, 0.4) is 0 Å². The topological polar surface area (TPSA) is 32.7 Å². The molecule has 1 aromatic rings. The van der Waals surface area contributed by atoms with Crippen molar-refractivity contribution in [3.63, 3.8) is 0 Å². The molecule has 23 heavy (non-hydrogen) atoms. The normalized spacial score (nSPS) is 29.0. The molecule has 0 radical (unpaired) electrons. The number of nitrogens with zero attached hydrogens (tertiary/aromatic N) is 1. The Kier molecular flexibility index (Phi) is 5.25. The fraction of sp³-hybridized carbons (Fsp3) is 0.600. The molecular formula is C20H27NO2. The zero-order valence-corrected chi connectivity index (χ0v) is 14.1. The summed E-state index contributed by atoms with van der Waals surface area (Å²) in [7, 11) is 0. The van der Waals surface area contributed by atoms with Gasteiger partial charge in [0.2, 0.25) is 0 Å². The summed E-state index contributed by atoms with van der Waals surface area (Å²) in [6.07, 6.45) is 5.65. The molecule has 0 saturated carbocycles. The van der Waals surface area contributed by atoms with Crippen molar-refractivity contribution in [3.05, 3.63) is 29.8 Å². The molecule has 3 aliphatic heterocycles. The fourth-order valence-corrected chi connectivity index (χ4v) is 3.54. The molecular weight excluding hydrogens is 286 g/mol. The van der Waals surface area contributed by atoms with E-state index in [9.17, 15) is 5.11 Å². The van der Waals surface area contributed by atoms with Crippen molar-refractivity contribution in [2.24, 2.45) is 5.92 Å². The van der Waals surface area contributed by atoms with Crippen molar-refractivity contribution in [1.29, 1.82) is 0 Å².